The van der Waals surface area contributed by atoms with Crippen LogP contribution < -0.4 is 0 Å². The first kappa shape index (κ1) is 10.9. The molecule has 0 amide bonds. The van der Waals surface area contributed by atoms with Gasteiger partial charge in [0.25, 0.3) is 0 Å². The summed E-state index contributed by atoms with van der Waals surface area (Å²) in [6.45, 7) is 4.98. The molecule has 0 unspecified atom stereocenters. The number of aromatic amines is 1. The van der Waals surface area contributed by atoms with E-state index in [2.05, 4.69) is 44.9 Å². The lowest BCUT2D eigenvalue weighted by molar-refractivity contribution is 0.653. The summed E-state index contributed by atoms with van der Waals surface area (Å²) in [5, 5.41) is 4.51. The van der Waals surface area contributed by atoms with Crippen LogP contribution in [-0.4, -0.2) is 29.7 Å². The molecule has 3 aromatic rings. The fourth-order valence-electron chi connectivity index (χ4n) is 1.96. The van der Waals surface area contributed by atoms with Gasteiger partial charge in [0.15, 0.2) is 11.5 Å². The SMILES string of the molecule is CCc1cc(-c2nc3ncncc3[nH]2)n(CC)n1. The molecule has 0 radical (unpaired) electrons. The third kappa shape index (κ3) is 1.66. The Morgan fingerprint density at radius 3 is 2.94 bits per heavy atom. The van der Waals surface area contributed by atoms with Crippen LogP contribution in [0.3, 0.4) is 0 Å². The maximum atomic E-state index is 4.51. The molecular weight excluding hydrogens is 228 g/mol. The second kappa shape index (κ2) is 4.21. The van der Waals surface area contributed by atoms with Gasteiger partial charge in [0.05, 0.1) is 11.9 Å². The normalized spacial score (nSPS) is 11.2. The van der Waals surface area contributed by atoms with Crippen LogP contribution in [0.4, 0.5) is 0 Å². The minimum Gasteiger partial charge on any atom is -0.334 e. The Morgan fingerprint density at radius 2 is 2.22 bits per heavy atom. The van der Waals surface area contributed by atoms with Crippen molar-refractivity contribution in [2.75, 3.05) is 0 Å². The second-order valence-electron chi connectivity index (χ2n) is 4.04. The summed E-state index contributed by atoms with van der Waals surface area (Å²) in [6.07, 6.45) is 4.15. The van der Waals surface area contributed by atoms with E-state index in [-0.39, 0.29) is 0 Å². The van der Waals surface area contributed by atoms with E-state index in [4.69, 9.17) is 0 Å². The molecule has 0 aliphatic rings. The van der Waals surface area contributed by atoms with Crippen molar-refractivity contribution in [1.29, 1.82) is 0 Å². The Labute approximate surface area is 104 Å². The van der Waals surface area contributed by atoms with Crippen molar-refractivity contribution in [2.45, 2.75) is 26.8 Å². The van der Waals surface area contributed by atoms with Crippen LogP contribution in [-0.2, 0) is 13.0 Å². The van der Waals surface area contributed by atoms with Crippen molar-refractivity contribution in [3.05, 3.63) is 24.3 Å². The first-order valence-corrected chi connectivity index (χ1v) is 6.04. The van der Waals surface area contributed by atoms with E-state index in [1.807, 2.05) is 4.68 Å². The predicted octanol–water partition coefficient (Wildman–Crippen LogP) is 1.80. The van der Waals surface area contributed by atoms with Crippen LogP contribution in [0.2, 0.25) is 0 Å². The van der Waals surface area contributed by atoms with Gasteiger partial charge in [0.2, 0.25) is 0 Å². The highest BCUT2D eigenvalue weighted by atomic mass is 15.3. The molecule has 3 rings (SSSR count). The Kier molecular flexibility index (Phi) is 2.55. The number of imidazole rings is 1. The monoisotopic (exact) mass is 242 g/mol. The highest BCUT2D eigenvalue weighted by Gasteiger charge is 2.12. The largest absolute Gasteiger partial charge is 0.334 e. The molecule has 3 heterocycles. The van der Waals surface area contributed by atoms with Crippen LogP contribution in [0.5, 0.6) is 0 Å². The molecule has 92 valence electrons. The van der Waals surface area contributed by atoms with Gasteiger partial charge in [-0.15, -0.1) is 0 Å². The van der Waals surface area contributed by atoms with Crippen molar-refractivity contribution in [3.8, 4) is 11.5 Å². The van der Waals surface area contributed by atoms with Crippen LogP contribution in [0.1, 0.15) is 19.5 Å². The zero-order valence-electron chi connectivity index (χ0n) is 10.4. The molecule has 1 N–H and O–H groups in total. The van der Waals surface area contributed by atoms with E-state index in [0.29, 0.717) is 5.65 Å². The van der Waals surface area contributed by atoms with Gasteiger partial charge < -0.3 is 4.98 Å². The summed E-state index contributed by atoms with van der Waals surface area (Å²) in [5.74, 6) is 0.791. The quantitative estimate of drug-likeness (QED) is 0.760. The predicted molar refractivity (Wildman–Crippen MR) is 68.0 cm³/mol. The average Bonchev–Trinajstić information content (AvgIpc) is 3.01. The number of aryl methyl sites for hydroxylation is 2. The minimum absolute atomic E-state index is 0.682. The molecule has 0 atom stereocenters. The lowest BCUT2D eigenvalue weighted by atomic mass is 10.3. The van der Waals surface area contributed by atoms with E-state index in [0.717, 1.165) is 35.7 Å². The number of nitrogens with zero attached hydrogens (tertiary/aromatic N) is 5. The highest BCUT2D eigenvalue weighted by Crippen LogP contribution is 2.20. The van der Waals surface area contributed by atoms with Crippen molar-refractivity contribution in [1.82, 2.24) is 29.7 Å². The van der Waals surface area contributed by atoms with Crippen molar-refractivity contribution in [3.63, 3.8) is 0 Å². The van der Waals surface area contributed by atoms with Gasteiger partial charge in [-0.2, -0.15) is 5.10 Å². The molecule has 0 saturated carbocycles. The molecule has 0 aromatic carbocycles. The summed E-state index contributed by atoms with van der Waals surface area (Å²) in [5.41, 5.74) is 3.59. The van der Waals surface area contributed by atoms with Gasteiger partial charge in [0, 0.05) is 6.54 Å². The summed E-state index contributed by atoms with van der Waals surface area (Å²) in [7, 11) is 0. The first-order chi connectivity index (χ1) is 8.81. The van der Waals surface area contributed by atoms with Gasteiger partial charge >= 0.3 is 0 Å². The van der Waals surface area contributed by atoms with Crippen LogP contribution in [0.15, 0.2) is 18.6 Å². The Hall–Kier alpha value is -2.24. The molecule has 0 spiro atoms. The molecule has 0 bridgehead atoms. The van der Waals surface area contributed by atoms with Crippen molar-refractivity contribution in [2.24, 2.45) is 0 Å². The molecule has 6 heteroatoms. The van der Waals surface area contributed by atoms with E-state index in [1.54, 1.807) is 6.20 Å². The Morgan fingerprint density at radius 1 is 1.33 bits per heavy atom. The van der Waals surface area contributed by atoms with Crippen LogP contribution in [0.25, 0.3) is 22.7 Å². The van der Waals surface area contributed by atoms with Gasteiger partial charge in [-0.1, -0.05) is 6.92 Å². The second-order valence-corrected chi connectivity index (χ2v) is 4.04. The topological polar surface area (TPSA) is 72.3 Å². The van der Waals surface area contributed by atoms with Crippen molar-refractivity contribution >= 4 is 11.2 Å². The molecular formula is C12H14N6. The van der Waals surface area contributed by atoms with Crippen LogP contribution >= 0.6 is 0 Å². The average molecular weight is 242 g/mol. The summed E-state index contributed by atoms with van der Waals surface area (Å²) in [6, 6.07) is 2.06. The lowest BCUT2D eigenvalue weighted by Crippen LogP contribution is -2.00. The lowest BCUT2D eigenvalue weighted by Gasteiger charge is -1.99. The van der Waals surface area contributed by atoms with E-state index < -0.39 is 0 Å². The zero-order valence-corrected chi connectivity index (χ0v) is 10.4. The summed E-state index contributed by atoms with van der Waals surface area (Å²) < 4.78 is 1.95. The standard InChI is InChI=1S/C12H14N6/c1-3-8-5-10(18(4-2)17-8)12-15-9-6-13-7-14-11(9)16-12/h5-7H,3-4H2,1-2H3,(H,13,14,15,16). The number of fused-ring (bicyclic) bond motifs is 1. The molecule has 0 aliphatic carbocycles. The smallest absolute Gasteiger partial charge is 0.181 e. The molecule has 0 saturated heterocycles. The van der Waals surface area contributed by atoms with Crippen molar-refractivity contribution < 1.29 is 0 Å². The first-order valence-electron chi connectivity index (χ1n) is 6.04. The molecule has 3 aromatic heterocycles. The molecule has 18 heavy (non-hydrogen) atoms. The Bertz CT molecular complexity index is 648. The third-order valence-electron chi connectivity index (χ3n) is 2.90. The number of H-pyrrole nitrogens is 1. The number of rotatable bonds is 3. The van der Waals surface area contributed by atoms with Gasteiger partial charge in [-0.3, -0.25) is 4.68 Å². The summed E-state index contributed by atoms with van der Waals surface area (Å²) in [4.78, 5) is 15.8. The molecule has 0 fully saturated rings. The van der Waals surface area contributed by atoms with Gasteiger partial charge in [-0.05, 0) is 19.4 Å². The van der Waals surface area contributed by atoms with E-state index in [1.165, 1.54) is 6.33 Å². The fourth-order valence-corrected chi connectivity index (χ4v) is 1.96. The fraction of sp³-hybridized carbons (Fsp3) is 0.333. The Balaban J connectivity index is 2.15. The molecule has 6 nitrogen and oxygen atoms in total. The maximum Gasteiger partial charge on any atom is 0.181 e. The molecule has 0 aliphatic heterocycles. The third-order valence-corrected chi connectivity index (χ3v) is 2.90. The number of hydrogen-bond donors (Lipinski definition) is 1. The maximum absolute atomic E-state index is 4.51. The minimum atomic E-state index is 0.682. The van der Waals surface area contributed by atoms with Gasteiger partial charge in [-0.25, -0.2) is 15.0 Å². The van der Waals surface area contributed by atoms with Gasteiger partial charge in [0.1, 0.15) is 17.5 Å². The van der Waals surface area contributed by atoms with Crippen LogP contribution in [0, 0.1) is 0 Å². The highest BCUT2D eigenvalue weighted by molar-refractivity contribution is 5.73. The summed E-state index contributed by atoms with van der Waals surface area (Å²) >= 11 is 0. The van der Waals surface area contributed by atoms with E-state index >= 15 is 0 Å². The van der Waals surface area contributed by atoms with E-state index in [9.17, 15) is 0 Å². The number of nitrogens with one attached hydrogen (secondary N) is 1. The number of aromatic nitrogens is 6. The number of hydrogen-bond acceptors (Lipinski definition) is 4. The zero-order chi connectivity index (χ0) is 12.5.